The van der Waals surface area contributed by atoms with Crippen molar-refractivity contribution in [3.05, 3.63) is 145 Å². The van der Waals surface area contributed by atoms with Gasteiger partial charge in [0, 0.05) is 11.1 Å². The van der Waals surface area contributed by atoms with E-state index in [0.717, 1.165) is 28.7 Å². The highest BCUT2D eigenvalue weighted by Gasteiger charge is 2.12. The summed E-state index contributed by atoms with van der Waals surface area (Å²) in [5.74, 6) is 0.464. The highest BCUT2D eigenvalue weighted by Crippen LogP contribution is 2.39. The lowest BCUT2D eigenvalue weighted by Gasteiger charge is -2.12. The molecular formula is C31H26O2. The molecule has 0 aliphatic heterocycles. The van der Waals surface area contributed by atoms with Crippen LogP contribution in [0.25, 0.3) is 22.3 Å². The van der Waals surface area contributed by atoms with Crippen LogP contribution >= 0.6 is 0 Å². The first-order chi connectivity index (χ1) is 16.2. The molecule has 0 aromatic heterocycles. The first-order valence-electron chi connectivity index (χ1n) is 11.0. The summed E-state index contributed by atoms with van der Waals surface area (Å²) in [4.78, 5) is 0. The zero-order valence-electron chi connectivity index (χ0n) is 18.3. The van der Waals surface area contributed by atoms with E-state index in [2.05, 4.69) is 60.7 Å². The van der Waals surface area contributed by atoms with E-state index < -0.39 is 0 Å². The van der Waals surface area contributed by atoms with Crippen molar-refractivity contribution in [2.75, 3.05) is 0 Å². The fourth-order valence-electron chi connectivity index (χ4n) is 3.78. The molecule has 0 fully saturated rings. The summed E-state index contributed by atoms with van der Waals surface area (Å²) < 4.78 is 0. The minimum atomic E-state index is 0.232. The van der Waals surface area contributed by atoms with Gasteiger partial charge in [0.25, 0.3) is 0 Å². The van der Waals surface area contributed by atoms with Gasteiger partial charge in [0.15, 0.2) is 0 Å². The zero-order chi connectivity index (χ0) is 22.9. The third-order valence-corrected chi connectivity index (χ3v) is 5.41. The SMILES string of the molecule is Oc1ccccc1-c1ccccc1-c1ccccc1O.c1ccc(Cc2ccccc2)cc1. The van der Waals surface area contributed by atoms with Gasteiger partial charge in [0.2, 0.25) is 0 Å². The van der Waals surface area contributed by atoms with E-state index in [-0.39, 0.29) is 11.5 Å². The Morgan fingerprint density at radius 1 is 0.333 bits per heavy atom. The van der Waals surface area contributed by atoms with Gasteiger partial charge in [0.05, 0.1) is 0 Å². The molecule has 5 aromatic carbocycles. The van der Waals surface area contributed by atoms with E-state index in [1.807, 2.05) is 48.5 Å². The second kappa shape index (κ2) is 10.8. The Morgan fingerprint density at radius 3 is 1.00 bits per heavy atom. The predicted octanol–water partition coefficient (Wildman–Crippen LogP) is 7.71. The number of rotatable bonds is 4. The lowest BCUT2D eigenvalue weighted by atomic mass is 9.93. The number of hydrogen-bond acceptors (Lipinski definition) is 2. The van der Waals surface area contributed by atoms with Crippen LogP contribution in [0.4, 0.5) is 0 Å². The van der Waals surface area contributed by atoms with Gasteiger partial charge in [0.1, 0.15) is 11.5 Å². The maximum Gasteiger partial charge on any atom is 0.123 e. The normalized spacial score (nSPS) is 10.2. The minimum Gasteiger partial charge on any atom is -0.507 e. The van der Waals surface area contributed by atoms with E-state index in [1.165, 1.54) is 11.1 Å². The van der Waals surface area contributed by atoms with Crippen LogP contribution in [0.15, 0.2) is 133 Å². The molecule has 5 aromatic rings. The number of phenols is 2. The molecule has 5 rings (SSSR count). The highest BCUT2D eigenvalue weighted by atomic mass is 16.3. The summed E-state index contributed by atoms with van der Waals surface area (Å²) in [6, 6.07) is 43.2. The van der Waals surface area contributed by atoms with Crippen LogP contribution < -0.4 is 0 Å². The molecule has 2 heteroatoms. The van der Waals surface area contributed by atoms with E-state index in [0.29, 0.717) is 0 Å². The van der Waals surface area contributed by atoms with Crippen LogP contribution in [0.2, 0.25) is 0 Å². The summed E-state index contributed by atoms with van der Waals surface area (Å²) in [6.45, 7) is 0. The van der Waals surface area contributed by atoms with Crippen molar-refractivity contribution in [3.63, 3.8) is 0 Å². The summed E-state index contributed by atoms with van der Waals surface area (Å²) in [6.07, 6.45) is 1.03. The van der Waals surface area contributed by atoms with Crippen molar-refractivity contribution in [3.8, 4) is 33.8 Å². The van der Waals surface area contributed by atoms with E-state index in [4.69, 9.17) is 0 Å². The average molecular weight is 431 g/mol. The van der Waals surface area contributed by atoms with Gasteiger partial charge in [-0.25, -0.2) is 0 Å². The molecule has 0 heterocycles. The fourth-order valence-corrected chi connectivity index (χ4v) is 3.78. The maximum atomic E-state index is 10.0. The van der Waals surface area contributed by atoms with Crippen molar-refractivity contribution in [1.82, 2.24) is 0 Å². The van der Waals surface area contributed by atoms with Gasteiger partial charge < -0.3 is 10.2 Å². The number of hydrogen-bond donors (Lipinski definition) is 2. The number of para-hydroxylation sites is 2. The largest absolute Gasteiger partial charge is 0.507 e. The van der Waals surface area contributed by atoms with E-state index in [1.54, 1.807) is 24.3 Å². The Bertz CT molecular complexity index is 1190. The Kier molecular flexibility index (Phi) is 7.19. The molecule has 0 saturated heterocycles. The molecule has 0 bridgehead atoms. The standard InChI is InChI=1S/C18H14O2.C13H12/c19-17-11-5-3-9-15(17)13-7-1-2-8-14(13)16-10-4-6-12-18(16)20;1-3-7-12(8-4-1)11-13-9-5-2-6-10-13/h1-12,19-20H;1-10H,11H2. The lowest BCUT2D eigenvalue weighted by Crippen LogP contribution is -1.86. The Morgan fingerprint density at radius 2 is 0.636 bits per heavy atom. The van der Waals surface area contributed by atoms with Gasteiger partial charge in [-0.1, -0.05) is 121 Å². The number of benzene rings is 5. The third kappa shape index (κ3) is 5.69. The molecule has 0 unspecified atom stereocenters. The molecule has 0 atom stereocenters. The van der Waals surface area contributed by atoms with Crippen LogP contribution in [-0.4, -0.2) is 10.2 Å². The highest BCUT2D eigenvalue weighted by molar-refractivity contribution is 5.87. The molecule has 0 radical (unpaired) electrons. The monoisotopic (exact) mass is 430 g/mol. The van der Waals surface area contributed by atoms with Crippen molar-refractivity contribution in [2.45, 2.75) is 6.42 Å². The molecule has 0 spiro atoms. The molecule has 0 saturated carbocycles. The molecule has 2 N–H and O–H groups in total. The molecule has 162 valence electrons. The molecule has 0 aliphatic rings. The summed E-state index contributed by atoms with van der Waals surface area (Å²) >= 11 is 0. The van der Waals surface area contributed by atoms with Crippen molar-refractivity contribution < 1.29 is 10.2 Å². The van der Waals surface area contributed by atoms with Crippen LogP contribution in [0.1, 0.15) is 11.1 Å². The lowest BCUT2D eigenvalue weighted by molar-refractivity contribution is 0.476. The predicted molar refractivity (Wildman–Crippen MR) is 136 cm³/mol. The fraction of sp³-hybridized carbons (Fsp3) is 0.0323. The summed E-state index contributed by atoms with van der Waals surface area (Å²) in [7, 11) is 0. The molecular weight excluding hydrogens is 404 g/mol. The van der Waals surface area contributed by atoms with Crippen molar-refractivity contribution >= 4 is 0 Å². The second-order valence-corrected chi connectivity index (χ2v) is 7.73. The van der Waals surface area contributed by atoms with E-state index >= 15 is 0 Å². The van der Waals surface area contributed by atoms with Gasteiger partial charge in [-0.05, 0) is 40.8 Å². The number of phenolic OH excluding ortho intramolecular Hbond substituents is 2. The Labute approximate surface area is 195 Å². The van der Waals surface area contributed by atoms with Crippen LogP contribution in [0.3, 0.4) is 0 Å². The van der Waals surface area contributed by atoms with Crippen molar-refractivity contribution in [1.29, 1.82) is 0 Å². The minimum absolute atomic E-state index is 0.232. The number of aromatic hydroxyl groups is 2. The second-order valence-electron chi connectivity index (χ2n) is 7.73. The summed E-state index contributed by atoms with van der Waals surface area (Å²) in [5.41, 5.74) is 6.04. The van der Waals surface area contributed by atoms with Crippen LogP contribution in [0.5, 0.6) is 11.5 Å². The average Bonchev–Trinajstić information content (AvgIpc) is 2.87. The Hall–Kier alpha value is -4.30. The van der Waals surface area contributed by atoms with Crippen LogP contribution in [-0.2, 0) is 6.42 Å². The van der Waals surface area contributed by atoms with Gasteiger partial charge in [-0.3, -0.25) is 0 Å². The summed E-state index contributed by atoms with van der Waals surface area (Å²) in [5, 5.41) is 20.1. The van der Waals surface area contributed by atoms with Gasteiger partial charge in [-0.15, -0.1) is 0 Å². The maximum absolute atomic E-state index is 10.0. The van der Waals surface area contributed by atoms with Crippen LogP contribution in [0, 0.1) is 0 Å². The van der Waals surface area contributed by atoms with Crippen molar-refractivity contribution in [2.24, 2.45) is 0 Å². The molecule has 0 aliphatic carbocycles. The molecule has 33 heavy (non-hydrogen) atoms. The molecule has 2 nitrogen and oxygen atoms in total. The smallest absolute Gasteiger partial charge is 0.123 e. The molecule has 0 amide bonds. The first kappa shape index (κ1) is 21.9. The van der Waals surface area contributed by atoms with Gasteiger partial charge >= 0.3 is 0 Å². The zero-order valence-corrected chi connectivity index (χ0v) is 18.3. The third-order valence-electron chi connectivity index (χ3n) is 5.41. The quantitative estimate of drug-likeness (QED) is 0.306. The topological polar surface area (TPSA) is 40.5 Å². The Balaban J connectivity index is 0.000000172. The first-order valence-corrected chi connectivity index (χ1v) is 11.0. The van der Waals surface area contributed by atoms with E-state index in [9.17, 15) is 10.2 Å². The van der Waals surface area contributed by atoms with Gasteiger partial charge in [-0.2, -0.15) is 0 Å².